The molecule has 1 saturated carbocycles. The van der Waals surface area contributed by atoms with Crippen LogP contribution in [0.2, 0.25) is 5.02 Å². The molecule has 4 nitrogen and oxygen atoms in total. The molecule has 1 aromatic carbocycles. The lowest BCUT2D eigenvalue weighted by molar-refractivity contribution is 0.179. The van der Waals surface area contributed by atoms with Crippen molar-refractivity contribution in [3.8, 4) is 0 Å². The topological polar surface area (TPSA) is 31.4 Å². The van der Waals surface area contributed by atoms with Crippen LogP contribution in [0.3, 0.4) is 0 Å². The third-order valence-electron chi connectivity index (χ3n) is 8.67. The molecule has 5 heteroatoms. The van der Waals surface area contributed by atoms with E-state index in [2.05, 4.69) is 71.7 Å². The number of piperidine rings is 1. The molecule has 0 atom stereocenters. The summed E-state index contributed by atoms with van der Waals surface area (Å²) in [5.41, 5.74) is 7.30. The Morgan fingerprint density at radius 1 is 1.14 bits per heavy atom. The number of benzene rings is 1. The van der Waals surface area contributed by atoms with Crippen LogP contribution in [-0.2, 0) is 11.8 Å². The summed E-state index contributed by atoms with van der Waals surface area (Å²) in [6.07, 6.45) is 13.3. The van der Waals surface area contributed by atoms with Gasteiger partial charge in [-0.05, 0) is 112 Å². The maximum atomic E-state index is 6.34. The van der Waals surface area contributed by atoms with Crippen molar-refractivity contribution in [2.75, 3.05) is 29.9 Å². The number of pyridine rings is 1. The predicted molar refractivity (Wildman–Crippen MR) is 147 cm³/mol. The molecule has 1 saturated heterocycles. The van der Waals surface area contributed by atoms with E-state index in [0.29, 0.717) is 6.04 Å². The summed E-state index contributed by atoms with van der Waals surface area (Å²) < 4.78 is 0. The van der Waals surface area contributed by atoms with Crippen LogP contribution in [0.4, 0.5) is 11.5 Å². The van der Waals surface area contributed by atoms with Crippen molar-refractivity contribution in [2.24, 2.45) is 5.92 Å². The average molecular weight is 487 g/mol. The predicted octanol–water partition coefficient (Wildman–Crippen LogP) is 6.79. The average Bonchev–Trinajstić information content (AvgIpc) is 3.09. The second-order valence-electron chi connectivity index (χ2n) is 11.0. The third kappa shape index (κ3) is 4.01. The van der Waals surface area contributed by atoms with Crippen LogP contribution in [-0.4, -0.2) is 35.6 Å². The van der Waals surface area contributed by atoms with Crippen LogP contribution in [0.15, 0.2) is 61.1 Å². The van der Waals surface area contributed by atoms with Crippen LogP contribution >= 0.6 is 11.6 Å². The fourth-order valence-corrected chi connectivity index (χ4v) is 6.74. The molecular weight excluding hydrogens is 452 g/mol. The molecule has 0 bridgehead atoms. The zero-order valence-corrected chi connectivity index (χ0v) is 21.4. The summed E-state index contributed by atoms with van der Waals surface area (Å²) in [6, 6.07) is 9.07. The lowest BCUT2D eigenvalue weighted by atomic mass is 9.72. The molecule has 0 radical (unpaired) electrons. The minimum Gasteiger partial charge on any atom is -0.358 e. The highest BCUT2D eigenvalue weighted by atomic mass is 35.5. The largest absolute Gasteiger partial charge is 0.358 e. The van der Waals surface area contributed by atoms with Gasteiger partial charge in [-0.2, -0.15) is 0 Å². The van der Waals surface area contributed by atoms with Crippen LogP contribution in [0.25, 0.3) is 6.08 Å². The number of likely N-dealkylation sites (tertiary alicyclic amines) is 1. The Bertz CT molecular complexity index is 1200. The highest BCUT2D eigenvalue weighted by molar-refractivity contribution is 6.30. The number of anilines is 2. The molecule has 4 aliphatic rings. The van der Waals surface area contributed by atoms with Crippen LogP contribution in [0, 0.1) is 5.92 Å². The molecule has 0 unspecified atom stereocenters. The van der Waals surface area contributed by atoms with E-state index in [4.69, 9.17) is 16.6 Å². The van der Waals surface area contributed by atoms with Gasteiger partial charge in [0.2, 0.25) is 0 Å². The molecule has 2 aromatic rings. The monoisotopic (exact) mass is 486 g/mol. The van der Waals surface area contributed by atoms with Crippen molar-refractivity contribution >= 4 is 29.2 Å². The molecule has 4 heterocycles. The summed E-state index contributed by atoms with van der Waals surface area (Å²) in [4.78, 5) is 9.87. The van der Waals surface area contributed by atoms with Gasteiger partial charge in [-0.3, -0.25) is 0 Å². The highest BCUT2D eigenvalue weighted by Crippen LogP contribution is 2.50. The Kier molecular flexibility index (Phi) is 5.77. The number of hydrogen-bond donors (Lipinski definition) is 1. The number of aromatic nitrogens is 1. The highest BCUT2D eigenvalue weighted by Gasteiger charge is 2.44. The number of nitrogens with zero attached hydrogens (tertiary/aromatic N) is 3. The number of aryl methyl sites for hydroxylation is 1. The molecular formula is C30H35ClN4. The van der Waals surface area contributed by atoms with Gasteiger partial charge in [0.25, 0.3) is 0 Å². The minimum absolute atomic E-state index is 0.0274. The quantitative estimate of drug-likeness (QED) is 0.504. The molecule has 0 amide bonds. The van der Waals surface area contributed by atoms with Crippen molar-refractivity contribution in [1.82, 2.24) is 9.88 Å². The van der Waals surface area contributed by atoms with E-state index >= 15 is 0 Å². The zero-order valence-electron chi connectivity index (χ0n) is 20.7. The van der Waals surface area contributed by atoms with E-state index in [-0.39, 0.29) is 5.41 Å². The van der Waals surface area contributed by atoms with Gasteiger partial charge in [-0.1, -0.05) is 31.7 Å². The first-order valence-electron chi connectivity index (χ1n) is 13.1. The molecule has 182 valence electrons. The van der Waals surface area contributed by atoms with E-state index in [1.807, 2.05) is 6.07 Å². The smallest absolute Gasteiger partial charge is 0.140 e. The Hall–Kier alpha value is -2.56. The van der Waals surface area contributed by atoms with Crippen LogP contribution in [0.5, 0.6) is 0 Å². The summed E-state index contributed by atoms with van der Waals surface area (Å²) >= 11 is 6.34. The standard InChI is InChI=1S/C30H35ClN4/c1-20-15-26(16-20)35-21(2)6-7-24-17-23(19-32-29(24)35)5-4-12-34-13-10-30(11-14-34)22(3)33-28-9-8-25(31)18-27(28)30/h6-9,17-20,26,33H,2-5,10-16H2,1H3. The van der Waals surface area contributed by atoms with Gasteiger partial charge in [0.1, 0.15) is 5.82 Å². The molecule has 2 fully saturated rings. The first-order valence-corrected chi connectivity index (χ1v) is 13.4. The molecule has 1 N–H and O–H groups in total. The lowest BCUT2D eigenvalue weighted by Crippen LogP contribution is -2.44. The molecule has 6 rings (SSSR count). The Labute approximate surface area is 214 Å². The lowest BCUT2D eigenvalue weighted by Gasteiger charge is -2.44. The second-order valence-corrected chi connectivity index (χ2v) is 11.4. The van der Waals surface area contributed by atoms with E-state index in [1.54, 1.807) is 0 Å². The first kappa shape index (κ1) is 22.9. The fourth-order valence-electron chi connectivity index (χ4n) is 6.56. The zero-order chi connectivity index (χ0) is 24.2. The van der Waals surface area contributed by atoms with Gasteiger partial charge in [0.05, 0.1) is 0 Å². The summed E-state index contributed by atoms with van der Waals surface area (Å²) in [7, 11) is 0. The number of fused-ring (bicyclic) bond motifs is 3. The Morgan fingerprint density at radius 2 is 1.94 bits per heavy atom. The summed E-state index contributed by atoms with van der Waals surface area (Å²) in [5.74, 6) is 1.90. The minimum atomic E-state index is 0.0274. The number of halogens is 1. The van der Waals surface area contributed by atoms with Crippen molar-refractivity contribution in [3.05, 3.63) is 82.8 Å². The second kappa shape index (κ2) is 8.83. The van der Waals surface area contributed by atoms with Gasteiger partial charge in [-0.25, -0.2) is 4.98 Å². The first-order chi connectivity index (χ1) is 16.9. The van der Waals surface area contributed by atoms with E-state index in [0.717, 1.165) is 73.5 Å². The van der Waals surface area contributed by atoms with Gasteiger partial charge in [-0.15, -0.1) is 0 Å². The number of rotatable bonds is 5. The number of hydrogen-bond acceptors (Lipinski definition) is 4. The van der Waals surface area contributed by atoms with Gasteiger partial charge in [0.15, 0.2) is 0 Å². The summed E-state index contributed by atoms with van der Waals surface area (Å²) in [6.45, 7) is 14.3. The van der Waals surface area contributed by atoms with Crippen molar-refractivity contribution in [3.63, 3.8) is 0 Å². The molecule has 35 heavy (non-hydrogen) atoms. The van der Waals surface area contributed by atoms with E-state index in [9.17, 15) is 0 Å². The van der Waals surface area contributed by atoms with Gasteiger partial charge < -0.3 is 15.1 Å². The Morgan fingerprint density at radius 3 is 2.71 bits per heavy atom. The maximum absolute atomic E-state index is 6.34. The molecule has 1 spiro atoms. The fraction of sp³-hybridized carbons (Fsp3) is 0.433. The normalized spacial score (nSPS) is 24.8. The van der Waals surface area contributed by atoms with Crippen molar-refractivity contribution in [2.45, 2.75) is 56.9 Å². The number of allylic oxidation sites excluding steroid dienone is 2. The van der Waals surface area contributed by atoms with Crippen molar-refractivity contribution in [1.29, 1.82) is 0 Å². The van der Waals surface area contributed by atoms with E-state index < -0.39 is 0 Å². The van der Waals surface area contributed by atoms with Gasteiger partial charge in [0, 0.05) is 45.3 Å². The maximum Gasteiger partial charge on any atom is 0.140 e. The summed E-state index contributed by atoms with van der Waals surface area (Å²) in [5, 5.41) is 4.33. The Balaban J connectivity index is 1.05. The van der Waals surface area contributed by atoms with E-state index in [1.165, 1.54) is 35.2 Å². The van der Waals surface area contributed by atoms with Crippen molar-refractivity contribution < 1.29 is 0 Å². The molecule has 1 aliphatic carbocycles. The SMILES string of the molecule is C=C1C=Cc2cc(CCCN3CCC4(CC3)C(=C)Nc3ccc(Cl)cc34)cnc2N1C1CC(C)C1. The molecule has 1 aromatic heterocycles. The van der Waals surface area contributed by atoms with Gasteiger partial charge >= 0.3 is 0 Å². The van der Waals surface area contributed by atoms with Crippen LogP contribution < -0.4 is 10.2 Å². The number of nitrogens with one attached hydrogen (secondary N) is 1. The van der Waals surface area contributed by atoms with Crippen LogP contribution in [0.1, 0.15) is 55.7 Å². The third-order valence-corrected chi connectivity index (χ3v) is 8.90. The molecule has 3 aliphatic heterocycles.